The lowest BCUT2D eigenvalue weighted by atomic mass is 10.1. The number of ether oxygens (including phenoxy) is 1. The Labute approximate surface area is 132 Å². The molecule has 0 amide bonds. The van der Waals surface area contributed by atoms with E-state index < -0.39 is 0 Å². The highest BCUT2D eigenvalue weighted by molar-refractivity contribution is 6.31. The Bertz CT molecular complexity index is 838. The van der Waals surface area contributed by atoms with E-state index in [1.807, 2.05) is 30.3 Å². The van der Waals surface area contributed by atoms with Gasteiger partial charge in [0.15, 0.2) is 0 Å². The molecule has 2 nitrogen and oxygen atoms in total. The quantitative estimate of drug-likeness (QED) is 0.653. The van der Waals surface area contributed by atoms with Crippen molar-refractivity contribution in [1.82, 2.24) is 4.57 Å². The van der Waals surface area contributed by atoms with Crippen LogP contribution in [0.5, 0.6) is 5.75 Å². The normalized spacial score (nSPS) is 13.4. The molecule has 2 aromatic carbocycles. The third-order valence-electron chi connectivity index (χ3n) is 3.90. The Kier molecular flexibility index (Phi) is 3.09. The summed E-state index contributed by atoms with van der Waals surface area (Å²) in [5.74, 6) is 0.996. The van der Waals surface area contributed by atoms with Crippen molar-refractivity contribution >= 4 is 34.1 Å². The summed E-state index contributed by atoms with van der Waals surface area (Å²) in [5, 5.41) is 2.67. The van der Waals surface area contributed by atoms with E-state index in [4.69, 9.17) is 27.9 Å². The van der Waals surface area contributed by atoms with Gasteiger partial charge in [-0.1, -0.05) is 23.2 Å². The first kappa shape index (κ1) is 13.1. The molecule has 4 heteroatoms. The predicted molar refractivity (Wildman–Crippen MR) is 86.7 cm³/mol. The molecule has 1 aromatic heterocycles. The minimum atomic E-state index is 0.741. The summed E-state index contributed by atoms with van der Waals surface area (Å²) >= 11 is 12.3. The number of hydrogen-bond acceptors (Lipinski definition) is 1. The molecule has 4 rings (SSSR count). The lowest BCUT2D eigenvalue weighted by Gasteiger charge is -2.11. The van der Waals surface area contributed by atoms with Gasteiger partial charge in [0.2, 0.25) is 0 Å². The van der Waals surface area contributed by atoms with Gasteiger partial charge in [-0.15, -0.1) is 0 Å². The average Bonchev–Trinajstić information content (AvgIpc) is 3.05. The summed E-state index contributed by atoms with van der Waals surface area (Å²) in [6.07, 6.45) is 3.01. The average molecular weight is 318 g/mol. The van der Waals surface area contributed by atoms with Crippen molar-refractivity contribution in [2.45, 2.75) is 13.0 Å². The first-order valence-corrected chi connectivity index (χ1v) is 7.65. The highest BCUT2D eigenvalue weighted by Gasteiger charge is 2.18. The zero-order valence-corrected chi connectivity index (χ0v) is 12.8. The summed E-state index contributed by atoms with van der Waals surface area (Å²) in [5.41, 5.74) is 3.49. The molecule has 0 atom stereocenters. The maximum atomic E-state index is 6.23. The van der Waals surface area contributed by atoms with Crippen LogP contribution in [0.4, 0.5) is 0 Å². The van der Waals surface area contributed by atoms with E-state index in [-0.39, 0.29) is 0 Å². The molecule has 0 spiro atoms. The largest absolute Gasteiger partial charge is 0.493 e. The number of benzene rings is 2. The molecule has 21 heavy (non-hydrogen) atoms. The van der Waals surface area contributed by atoms with Crippen LogP contribution in [0, 0.1) is 0 Å². The third kappa shape index (κ3) is 2.29. The summed E-state index contributed by atoms with van der Waals surface area (Å²) in [4.78, 5) is 0. The number of halogens is 2. The van der Waals surface area contributed by atoms with Gasteiger partial charge in [0.25, 0.3) is 0 Å². The number of hydrogen-bond donors (Lipinski definition) is 0. The van der Waals surface area contributed by atoms with Crippen molar-refractivity contribution in [2.24, 2.45) is 0 Å². The van der Waals surface area contributed by atoms with Gasteiger partial charge < -0.3 is 9.30 Å². The van der Waals surface area contributed by atoms with E-state index in [0.29, 0.717) is 0 Å². The van der Waals surface area contributed by atoms with E-state index >= 15 is 0 Å². The molecule has 1 aliphatic rings. The molecule has 0 fully saturated rings. The van der Waals surface area contributed by atoms with Crippen LogP contribution in [-0.2, 0) is 13.0 Å². The van der Waals surface area contributed by atoms with Gasteiger partial charge in [-0.05, 0) is 42.0 Å². The first-order chi connectivity index (χ1) is 10.2. The summed E-state index contributed by atoms with van der Waals surface area (Å²) in [7, 11) is 0. The monoisotopic (exact) mass is 317 g/mol. The zero-order chi connectivity index (χ0) is 14.4. The Hall–Kier alpha value is -1.64. The molecule has 0 aliphatic carbocycles. The Morgan fingerprint density at radius 1 is 1.05 bits per heavy atom. The van der Waals surface area contributed by atoms with Crippen LogP contribution in [0.1, 0.15) is 11.1 Å². The van der Waals surface area contributed by atoms with Crippen LogP contribution in [0.25, 0.3) is 10.9 Å². The number of fused-ring (bicyclic) bond motifs is 2. The Morgan fingerprint density at radius 2 is 1.95 bits per heavy atom. The molecule has 0 saturated carbocycles. The molecule has 0 N–H and O–H groups in total. The summed E-state index contributed by atoms with van der Waals surface area (Å²) in [6, 6.07) is 12.0. The highest BCUT2D eigenvalue weighted by Crippen LogP contribution is 2.34. The second-order valence-electron chi connectivity index (χ2n) is 5.30. The van der Waals surface area contributed by atoms with Crippen LogP contribution in [0.15, 0.2) is 42.6 Å². The molecule has 1 aliphatic heterocycles. The molecular formula is C17H13Cl2NO. The van der Waals surface area contributed by atoms with Gasteiger partial charge in [0.05, 0.1) is 13.2 Å². The zero-order valence-electron chi connectivity index (χ0n) is 11.3. The maximum Gasteiger partial charge on any atom is 0.127 e. The molecule has 106 valence electrons. The second kappa shape index (κ2) is 4.97. The predicted octanol–water partition coefficient (Wildman–Crippen LogP) is 4.93. The maximum absolute atomic E-state index is 6.23. The lowest BCUT2D eigenvalue weighted by molar-refractivity contribution is 0.353. The third-order valence-corrected chi connectivity index (χ3v) is 4.35. The van der Waals surface area contributed by atoms with Crippen molar-refractivity contribution in [3.63, 3.8) is 0 Å². The fourth-order valence-electron chi connectivity index (χ4n) is 2.96. The minimum absolute atomic E-state index is 0.741. The van der Waals surface area contributed by atoms with Crippen LogP contribution >= 0.6 is 23.2 Å². The fourth-order valence-corrected chi connectivity index (χ4v) is 3.40. The van der Waals surface area contributed by atoms with E-state index in [2.05, 4.69) is 16.8 Å². The SMILES string of the molecule is Clc1cc2c(c(Cn3ccc4cc(Cl)ccc43)c1)OCC2. The van der Waals surface area contributed by atoms with Crippen molar-refractivity contribution in [1.29, 1.82) is 0 Å². The summed E-state index contributed by atoms with van der Waals surface area (Å²) in [6.45, 7) is 1.48. The van der Waals surface area contributed by atoms with Crippen molar-refractivity contribution < 1.29 is 4.74 Å². The molecule has 0 radical (unpaired) electrons. The molecule has 0 unspecified atom stereocenters. The van der Waals surface area contributed by atoms with Gasteiger partial charge in [-0.25, -0.2) is 0 Å². The van der Waals surface area contributed by atoms with Crippen LogP contribution < -0.4 is 4.74 Å². The van der Waals surface area contributed by atoms with Crippen molar-refractivity contribution in [3.8, 4) is 5.75 Å². The van der Waals surface area contributed by atoms with Gasteiger partial charge in [-0.2, -0.15) is 0 Å². The van der Waals surface area contributed by atoms with E-state index in [1.165, 1.54) is 5.56 Å². The van der Waals surface area contributed by atoms with Gasteiger partial charge in [-0.3, -0.25) is 0 Å². The number of aromatic nitrogens is 1. The van der Waals surface area contributed by atoms with Gasteiger partial charge in [0.1, 0.15) is 5.75 Å². The van der Waals surface area contributed by atoms with E-state index in [1.54, 1.807) is 0 Å². The van der Waals surface area contributed by atoms with Crippen LogP contribution in [-0.4, -0.2) is 11.2 Å². The standard InChI is InChI=1S/C17H13Cl2NO/c18-14-1-2-16-11(7-14)3-5-20(16)10-13-9-15(19)8-12-4-6-21-17(12)13/h1-3,5,7-9H,4,6,10H2. The van der Waals surface area contributed by atoms with Gasteiger partial charge >= 0.3 is 0 Å². The van der Waals surface area contributed by atoms with E-state index in [0.717, 1.165) is 51.8 Å². The van der Waals surface area contributed by atoms with Crippen molar-refractivity contribution in [3.05, 3.63) is 63.8 Å². The van der Waals surface area contributed by atoms with E-state index in [9.17, 15) is 0 Å². The van der Waals surface area contributed by atoms with Crippen LogP contribution in [0.3, 0.4) is 0 Å². The lowest BCUT2D eigenvalue weighted by Crippen LogP contribution is -2.00. The number of nitrogens with zero attached hydrogens (tertiary/aromatic N) is 1. The molecule has 0 saturated heterocycles. The smallest absolute Gasteiger partial charge is 0.127 e. The minimum Gasteiger partial charge on any atom is -0.493 e. The van der Waals surface area contributed by atoms with Gasteiger partial charge in [0, 0.05) is 39.1 Å². The van der Waals surface area contributed by atoms with Crippen LogP contribution in [0.2, 0.25) is 10.0 Å². The molecule has 0 bridgehead atoms. The number of rotatable bonds is 2. The Morgan fingerprint density at radius 3 is 2.86 bits per heavy atom. The Balaban J connectivity index is 1.79. The fraction of sp³-hybridized carbons (Fsp3) is 0.176. The molecule has 2 heterocycles. The van der Waals surface area contributed by atoms with Crippen molar-refractivity contribution in [2.75, 3.05) is 6.61 Å². The highest BCUT2D eigenvalue weighted by atomic mass is 35.5. The topological polar surface area (TPSA) is 14.2 Å². The molecule has 3 aromatic rings. The first-order valence-electron chi connectivity index (χ1n) is 6.89. The summed E-state index contributed by atoms with van der Waals surface area (Å²) < 4.78 is 7.97. The second-order valence-corrected chi connectivity index (χ2v) is 6.17. The molecular weight excluding hydrogens is 305 g/mol.